The Morgan fingerprint density at radius 3 is 2.36 bits per heavy atom. The van der Waals surface area contributed by atoms with Crippen LogP contribution < -0.4 is 33.8 Å². The van der Waals surface area contributed by atoms with Crippen LogP contribution in [-0.4, -0.2) is 38.5 Å². The number of aromatic nitrogens is 1. The van der Waals surface area contributed by atoms with Gasteiger partial charge in [-0.2, -0.15) is 0 Å². The van der Waals surface area contributed by atoms with Gasteiger partial charge in [0.2, 0.25) is 0 Å². The molecule has 4 aromatic rings. The van der Waals surface area contributed by atoms with Crippen molar-refractivity contribution in [2.45, 2.75) is 39.3 Å². The van der Waals surface area contributed by atoms with E-state index in [1.807, 2.05) is 48.5 Å². The molecule has 234 valence electrons. The Kier molecular flexibility index (Phi) is 10.0. The van der Waals surface area contributed by atoms with Crippen molar-refractivity contribution in [3.63, 3.8) is 0 Å². The highest BCUT2D eigenvalue weighted by Gasteiger charge is 2.34. The van der Waals surface area contributed by atoms with Crippen molar-refractivity contribution in [3.05, 3.63) is 114 Å². The third-order valence-electron chi connectivity index (χ3n) is 7.42. The third-order valence-corrected chi connectivity index (χ3v) is 8.40. The van der Waals surface area contributed by atoms with Gasteiger partial charge in [0.25, 0.3) is 5.56 Å². The highest BCUT2D eigenvalue weighted by Crippen LogP contribution is 2.36. The topological polar surface area (TPSA) is 97.6 Å². The Balaban J connectivity index is 1.62. The van der Waals surface area contributed by atoms with Crippen LogP contribution in [0.25, 0.3) is 6.08 Å². The zero-order valence-corrected chi connectivity index (χ0v) is 26.8. The summed E-state index contributed by atoms with van der Waals surface area (Å²) in [6.45, 7) is 4.49. The summed E-state index contributed by atoms with van der Waals surface area (Å²) in [6, 6.07) is 19.5. The van der Waals surface area contributed by atoms with Crippen molar-refractivity contribution in [2.24, 2.45) is 4.99 Å². The number of unbranched alkanes of at least 4 members (excludes halogenated alkanes) is 1. The monoisotopic (exact) mass is 628 g/mol. The second kappa shape index (κ2) is 14.3. The summed E-state index contributed by atoms with van der Waals surface area (Å²) in [5, 5.41) is 0. The predicted molar refractivity (Wildman–Crippen MR) is 173 cm³/mol. The first kappa shape index (κ1) is 31.6. The van der Waals surface area contributed by atoms with E-state index in [0.29, 0.717) is 50.2 Å². The number of allylic oxidation sites excluding steroid dienone is 1. The highest BCUT2D eigenvalue weighted by molar-refractivity contribution is 7.07. The number of hydrogen-bond donors (Lipinski definition) is 0. The van der Waals surface area contributed by atoms with Crippen LogP contribution in [0.4, 0.5) is 0 Å². The molecule has 0 N–H and O–H groups in total. The first-order valence-corrected chi connectivity index (χ1v) is 15.5. The lowest BCUT2D eigenvalue weighted by Gasteiger charge is -2.25. The minimum absolute atomic E-state index is 0.0838. The van der Waals surface area contributed by atoms with Crippen molar-refractivity contribution in [1.82, 2.24) is 4.57 Å². The molecule has 9 nitrogen and oxygen atoms in total. The van der Waals surface area contributed by atoms with E-state index in [4.69, 9.17) is 28.7 Å². The largest absolute Gasteiger partial charge is 0.493 e. The SMILES string of the molecule is CCCCOc1ccc(C2C(C(=O)OCc3ccccc3)=C(C)N=c3s/c(=C\c4ccc(OC)c(OC)c4)c(=O)n32)cc1OC. The van der Waals surface area contributed by atoms with Gasteiger partial charge in [-0.3, -0.25) is 9.36 Å². The molecule has 5 rings (SSSR count). The maximum atomic E-state index is 14.1. The second-order valence-electron chi connectivity index (χ2n) is 10.4. The summed E-state index contributed by atoms with van der Waals surface area (Å²) in [7, 11) is 4.70. The summed E-state index contributed by atoms with van der Waals surface area (Å²) in [6.07, 6.45) is 3.68. The molecule has 0 spiro atoms. The first-order valence-electron chi connectivity index (χ1n) is 14.6. The molecule has 0 fully saturated rings. The molecule has 0 saturated carbocycles. The number of carbonyl (C=O) groups is 1. The van der Waals surface area contributed by atoms with Crippen LogP contribution in [0.1, 0.15) is 49.4 Å². The molecule has 45 heavy (non-hydrogen) atoms. The molecule has 0 amide bonds. The number of methoxy groups -OCH3 is 3. The molecule has 0 bridgehead atoms. The lowest BCUT2D eigenvalue weighted by Crippen LogP contribution is -2.39. The summed E-state index contributed by atoms with van der Waals surface area (Å²) in [4.78, 5) is 33.1. The Morgan fingerprint density at radius 1 is 0.933 bits per heavy atom. The summed E-state index contributed by atoms with van der Waals surface area (Å²) in [5.41, 5.74) is 2.72. The lowest BCUT2D eigenvalue weighted by atomic mass is 9.95. The standard InChI is InChI=1S/C35H36N2O7S/c1-6-7-17-43-27-16-14-25(20-29(27)42-5)32-31(34(39)44-21-23-11-9-8-10-12-23)22(2)36-35-37(32)33(38)30(45-35)19-24-13-15-26(40-3)28(18-24)41-4/h8-16,18-20,32H,6-7,17,21H2,1-5H3/b30-19-. The smallest absolute Gasteiger partial charge is 0.338 e. The lowest BCUT2D eigenvalue weighted by molar-refractivity contribution is -0.140. The molecule has 1 aromatic heterocycles. The average molecular weight is 629 g/mol. The number of hydrogen-bond acceptors (Lipinski definition) is 9. The van der Waals surface area contributed by atoms with Crippen molar-refractivity contribution in [2.75, 3.05) is 27.9 Å². The van der Waals surface area contributed by atoms with Crippen LogP contribution in [0.3, 0.4) is 0 Å². The maximum absolute atomic E-state index is 14.1. The normalized spacial score (nSPS) is 14.4. The van der Waals surface area contributed by atoms with Gasteiger partial charge in [0.1, 0.15) is 6.61 Å². The molecule has 1 aliphatic rings. The molecule has 2 heterocycles. The van der Waals surface area contributed by atoms with Crippen molar-refractivity contribution in [3.8, 4) is 23.0 Å². The van der Waals surface area contributed by atoms with E-state index >= 15 is 0 Å². The minimum Gasteiger partial charge on any atom is -0.493 e. The number of fused-ring (bicyclic) bond motifs is 1. The quantitative estimate of drug-likeness (QED) is 0.158. The number of esters is 1. The Hall–Kier alpha value is -4.83. The van der Waals surface area contributed by atoms with Crippen molar-refractivity contribution in [1.29, 1.82) is 0 Å². The number of nitrogens with zero attached hydrogens (tertiary/aromatic N) is 2. The first-order chi connectivity index (χ1) is 21.9. The van der Waals surface area contributed by atoms with E-state index in [2.05, 4.69) is 6.92 Å². The van der Waals surface area contributed by atoms with Crippen LogP contribution >= 0.6 is 11.3 Å². The van der Waals surface area contributed by atoms with Gasteiger partial charge in [0.05, 0.1) is 49.8 Å². The molecule has 0 saturated heterocycles. The van der Waals surface area contributed by atoms with Gasteiger partial charge in [-0.15, -0.1) is 0 Å². The molecular formula is C35H36N2O7S. The summed E-state index contributed by atoms with van der Waals surface area (Å²) >= 11 is 1.25. The zero-order chi connectivity index (χ0) is 31.9. The van der Waals surface area contributed by atoms with Gasteiger partial charge < -0.3 is 23.7 Å². The molecule has 3 aromatic carbocycles. The average Bonchev–Trinajstić information content (AvgIpc) is 3.37. The van der Waals surface area contributed by atoms with Crippen LogP contribution in [0.15, 0.2) is 87.8 Å². The van der Waals surface area contributed by atoms with Gasteiger partial charge in [-0.25, -0.2) is 9.79 Å². The minimum atomic E-state index is -0.810. The predicted octanol–water partition coefficient (Wildman–Crippen LogP) is 5.18. The number of ether oxygens (including phenoxy) is 5. The summed E-state index contributed by atoms with van der Waals surface area (Å²) in [5.74, 6) is 1.67. The number of carbonyl (C=O) groups excluding carboxylic acids is 1. The molecule has 10 heteroatoms. The van der Waals surface area contributed by atoms with Gasteiger partial charge in [-0.05, 0) is 60.4 Å². The molecule has 1 aliphatic heterocycles. The fraction of sp³-hybridized carbons (Fsp3) is 0.286. The molecular weight excluding hydrogens is 592 g/mol. The Morgan fingerprint density at radius 2 is 1.64 bits per heavy atom. The molecule has 1 unspecified atom stereocenters. The Labute approximate surface area is 265 Å². The molecule has 0 aliphatic carbocycles. The third kappa shape index (κ3) is 6.81. The van der Waals surface area contributed by atoms with E-state index < -0.39 is 12.0 Å². The Bertz CT molecular complexity index is 1890. The van der Waals surface area contributed by atoms with Crippen molar-refractivity contribution >= 4 is 23.4 Å². The highest BCUT2D eigenvalue weighted by atomic mass is 32.1. The van der Waals surface area contributed by atoms with Gasteiger partial charge in [0.15, 0.2) is 27.8 Å². The fourth-order valence-corrected chi connectivity index (χ4v) is 6.14. The van der Waals surface area contributed by atoms with Crippen LogP contribution in [0, 0.1) is 0 Å². The van der Waals surface area contributed by atoms with E-state index in [0.717, 1.165) is 24.0 Å². The van der Waals surface area contributed by atoms with E-state index in [1.165, 1.54) is 11.3 Å². The van der Waals surface area contributed by atoms with Crippen LogP contribution in [0.2, 0.25) is 0 Å². The number of rotatable bonds is 12. The van der Waals surface area contributed by atoms with E-state index in [-0.39, 0.29) is 17.7 Å². The van der Waals surface area contributed by atoms with E-state index in [1.54, 1.807) is 57.1 Å². The van der Waals surface area contributed by atoms with Gasteiger partial charge >= 0.3 is 5.97 Å². The summed E-state index contributed by atoms with van der Waals surface area (Å²) < 4.78 is 30.2. The molecule has 1 atom stereocenters. The number of thiazole rings is 1. The maximum Gasteiger partial charge on any atom is 0.338 e. The van der Waals surface area contributed by atoms with Crippen molar-refractivity contribution < 1.29 is 28.5 Å². The van der Waals surface area contributed by atoms with Crippen LogP contribution in [-0.2, 0) is 16.1 Å². The van der Waals surface area contributed by atoms with Gasteiger partial charge in [0, 0.05) is 0 Å². The molecule has 0 radical (unpaired) electrons. The van der Waals surface area contributed by atoms with E-state index in [9.17, 15) is 9.59 Å². The van der Waals surface area contributed by atoms with Crippen LogP contribution in [0.5, 0.6) is 23.0 Å². The van der Waals surface area contributed by atoms with Gasteiger partial charge in [-0.1, -0.05) is 67.1 Å². The fourth-order valence-electron chi connectivity index (χ4n) is 5.09. The zero-order valence-electron chi connectivity index (χ0n) is 26.0. The second-order valence-corrected chi connectivity index (χ2v) is 11.4. The number of benzene rings is 3.